The average Bonchev–Trinajstić information content (AvgIpc) is 2.72. The molecule has 1 N–H and O–H groups in total. The highest BCUT2D eigenvalue weighted by molar-refractivity contribution is 5.36. The van der Waals surface area contributed by atoms with Crippen molar-refractivity contribution < 1.29 is 13.2 Å². The molecule has 0 saturated carbocycles. The molecule has 0 radical (unpaired) electrons. The molecule has 1 aliphatic heterocycles. The lowest BCUT2D eigenvalue weighted by molar-refractivity contribution is -0.141. The van der Waals surface area contributed by atoms with E-state index in [2.05, 4.69) is 20.5 Å². The maximum atomic E-state index is 12.6. The monoisotopic (exact) mass is 311 g/mol. The van der Waals surface area contributed by atoms with Crippen LogP contribution in [0.25, 0.3) is 0 Å². The summed E-state index contributed by atoms with van der Waals surface area (Å²) < 4.78 is 40.0. The number of alkyl halides is 3. The fraction of sp³-hybridized carbons (Fsp3) is 0.500. The molecule has 3 heterocycles. The Bertz CT molecular complexity index is 650. The molecule has 0 atom stereocenters. The Morgan fingerprint density at radius 2 is 2.00 bits per heavy atom. The minimum absolute atomic E-state index is 0.181. The first-order valence-electron chi connectivity index (χ1n) is 7.23. The van der Waals surface area contributed by atoms with Crippen LogP contribution in [0.3, 0.4) is 0 Å². The normalized spacial score (nSPS) is 15.2. The van der Waals surface area contributed by atoms with E-state index in [0.717, 1.165) is 49.9 Å². The number of aryl methyl sites for hydroxylation is 1. The zero-order chi connectivity index (χ0) is 15.6. The minimum Gasteiger partial charge on any atom is -0.363 e. The third-order valence-electron chi connectivity index (χ3n) is 3.65. The van der Waals surface area contributed by atoms with E-state index >= 15 is 0 Å². The summed E-state index contributed by atoms with van der Waals surface area (Å²) in [6, 6.07) is 3.80. The highest BCUT2D eigenvalue weighted by Crippen LogP contribution is 2.28. The number of hydrogen-bond acceptors (Lipinski definition) is 4. The van der Waals surface area contributed by atoms with Crippen LogP contribution in [0.4, 0.5) is 19.0 Å². The molecule has 0 spiro atoms. The van der Waals surface area contributed by atoms with Crippen molar-refractivity contribution in [3.05, 3.63) is 35.5 Å². The maximum absolute atomic E-state index is 12.6. The number of pyridine rings is 1. The van der Waals surface area contributed by atoms with Gasteiger partial charge in [0.05, 0.1) is 6.54 Å². The fourth-order valence-electron chi connectivity index (χ4n) is 2.54. The van der Waals surface area contributed by atoms with Crippen LogP contribution in [-0.4, -0.2) is 19.7 Å². The Balaban J connectivity index is 1.72. The SMILES string of the molecule is FC(F)(F)c1cccc(NCc2nnc3n2CCCCC3)n1. The Hall–Kier alpha value is -2.12. The zero-order valence-corrected chi connectivity index (χ0v) is 11.9. The van der Waals surface area contributed by atoms with Crippen molar-refractivity contribution in [1.82, 2.24) is 19.7 Å². The standard InChI is InChI=1S/C14H16F3N5/c15-14(16,17)10-5-4-6-11(19-10)18-9-13-21-20-12-7-2-1-3-8-22(12)13/h4-6H,1-3,7-9H2,(H,18,19). The zero-order valence-electron chi connectivity index (χ0n) is 11.9. The lowest BCUT2D eigenvalue weighted by atomic mass is 10.2. The fourth-order valence-corrected chi connectivity index (χ4v) is 2.54. The number of aromatic nitrogens is 4. The van der Waals surface area contributed by atoms with Crippen LogP contribution in [0.5, 0.6) is 0 Å². The first-order valence-corrected chi connectivity index (χ1v) is 7.23. The number of fused-ring (bicyclic) bond motifs is 1. The van der Waals surface area contributed by atoms with Crippen molar-refractivity contribution in [2.45, 2.75) is 44.9 Å². The van der Waals surface area contributed by atoms with Gasteiger partial charge in [-0.25, -0.2) is 4.98 Å². The second-order valence-corrected chi connectivity index (χ2v) is 5.25. The van der Waals surface area contributed by atoms with Gasteiger partial charge in [0.2, 0.25) is 0 Å². The molecule has 1 aliphatic rings. The van der Waals surface area contributed by atoms with Crippen LogP contribution in [-0.2, 0) is 25.7 Å². The summed E-state index contributed by atoms with van der Waals surface area (Å²) in [5.74, 6) is 1.86. The molecule has 0 aromatic carbocycles. The summed E-state index contributed by atoms with van der Waals surface area (Å²) in [5.41, 5.74) is -0.905. The van der Waals surface area contributed by atoms with Crippen LogP contribution in [0.2, 0.25) is 0 Å². The molecule has 0 saturated heterocycles. The molecule has 0 aliphatic carbocycles. The van der Waals surface area contributed by atoms with Crippen LogP contribution in [0.15, 0.2) is 18.2 Å². The second-order valence-electron chi connectivity index (χ2n) is 5.25. The highest BCUT2D eigenvalue weighted by Gasteiger charge is 2.32. The van der Waals surface area contributed by atoms with Gasteiger partial charge in [0, 0.05) is 13.0 Å². The Morgan fingerprint density at radius 1 is 1.14 bits per heavy atom. The number of hydrogen-bond donors (Lipinski definition) is 1. The van der Waals surface area contributed by atoms with Crippen LogP contribution in [0.1, 0.15) is 36.6 Å². The van der Waals surface area contributed by atoms with E-state index < -0.39 is 11.9 Å². The topological polar surface area (TPSA) is 55.6 Å². The van der Waals surface area contributed by atoms with Crippen LogP contribution in [0, 0.1) is 0 Å². The predicted molar refractivity (Wildman–Crippen MR) is 74.1 cm³/mol. The molecule has 22 heavy (non-hydrogen) atoms. The van der Waals surface area contributed by atoms with Crippen LogP contribution < -0.4 is 5.32 Å². The van der Waals surface area contributed by atoms with E-state index in [4.69, 9.17) is 0 Å². The highest BCUT2D eigenvalue weighted by atomic mass is 19.4. The van der Waals surface area contributed by atoms with Gasteiger partial charge in [-0.05, 0) is 25.0 Å². The summed E-state index contributed by atoms with van der Waals surface area (Å²) in [4.78, 5) is 3.58. The van der Waals surface area contributed by atoms with Gasteiger partial charge < -0.3 is 9.88 Å². The van der Waals surface area contributed by atoms with Gasteiger partial charge in [-0.2, -0.15) is 13.2 Å². The molecule has 0 bridgehead atoms. The van der Waals surface area contributed by atoms with Crippen molar-refractivity contribution in [3.8, 4) is 0 Å². The third-order valence-corrected chi connectivity index (χ3v) is 3.65. The number of nitrogens with one attached hydrogen (secondary N) is 1. The number of anilines is 1. The van der Waals surface area contributed by atoms with Gasteiger partial charge in [-0.1, -0.05) is 12.5 Å². The molecular formula is C14H16F3N5. The van der Waals surface area contributed by atoms with E-state index in [-0.39, 0.29) is 5.82 Å². The van der Waals surface area contributed by atoms with Crippen LogP contribution >= 0.6 is 0 Å². The summed E-state index contributed by atoms with van der Waals surface area (Å²) >= 11 is 0. The van der Waals surface area contributed by atoms with E-state index in [9.17, 15) is 13.2 Å². The Kier molecular flexibility index (Phi) is 4.00. The van der Waals surface area contributed by atoms with Crippen molar-refractivity contribution >= 4 is 5.82 Å². The van der Waals surface area contributed by atoms with Crippen molar-refractivity contribution in [1.29, 1.82) is 0 Å². The summed E-state index contributed by atoms with van der Waals surface area (Å²) in [6.45, 7) is 1.16. The largest absolute Gasteiger partial charge is 0.433 e. The van der Waals surface area contributed by atoms with E-state index in [1.807, 2.05) is 4.57 Å². The predicted octanol–water partition coefficient (Wildman–Crippen LogP) is 3.03. The molecule has 2 aromatic heterocycles. The minimum atomic E-state index is -4.44. The maximum Gasteiger partial charge on any atom is 0.433 e. The van der Waals surface area contributed by atoms with Crippen molar-refractivity contribution in [3.63, 3.8) is 0 Å². The van der Waals surface area contributed by atoms with E-state index in [0.29, 0.717) is 6.54 Å². The van der Waals surface area contributed by atoms with Gasteiger partial charge in [0.25, 0.3) is 0 Å². The van der Waals surface area contributed by atoms with E-state index in [1.165, 1.54) is 12.1 Å². The first-order chi connectivity index (χ1) is 10.5. The molecular weight excluding hydrogens is 295 g/mol. The Labute approximate surface area is 125 Å². The van der Waals surface area contributed by atoms with Gasteiger partial charge in [-0.15, -0.1) is 10.2 Å². The second kappa shape index (κ2) is 5.94. The lowest BCUT2D eigenvalue weighted by Gasteiger charge is -2.10. The first kappa shape index (κ1) is 14.8. The van der Waals surface area contributed by atoms with E-state index in [1.54, 1.807) is 0 Å². The quantitative estimate of drug-likeness (QED) is 0.946. The molecule has 5 nitrogen and oxygen atoms in total. The molecule has 8 heteroatoms. The Morgan fingerprint density at radius 3 is 2.82 bits per heavy atom. The molecule has 0 amide bonds. The van der Waals surface area contributed by atoms with Crippen molar-refractivity contribution in [2.75, 3.05) is 5.32 Å². The number of rotatable bonds is 3. The van der Waals surface area contributed by atoms with Gasteiger partial charge in [0.15, 0.2) is 5.82 Å². The number of nitrogens with zero attached hydrogens (tertiary/aromatic N) is 4. The third kappa shape index (κ3) is 3.20. The molecule has 0 fully saturated rings. The van der Waals surface area contributed by atoms with Gasteiger partial charge in [0.1, 0.15) is 17.3 Å². The van der Waals surface area contributed by atoms with Crippen molar-refractivity contribution in [2.24, 2.45) is 0 Å². The summed E-state index contributed by atoms with van der Waals surface area (Å²) in [6.07, 6.45) is -0.218. The van der Waals surface area contributed by atoms with Gasteiger partial charge in [-0.3, -0.25) is 0 Å². The molecule has 2 aromatic rings. The lowest BCUT2D eigenvalue weighted by Crippen LogP contribution is -2.13. The summed E-state index contributed by atoms with van der Waals surface area (Å²) in [5, 5.41) is 11.2. The number of halogens is 3. The molecule has 0 unspecified atom stereocenters. The summed E-state index contributed by atoms with van der Waals surface area (Å²) in [7, 11) is 0. The molecule has 118 valence electrons. The molecule has 3 rings (SSSR count). The smallest absolute Gasteiger partial charge is 0.363 e. The van der Waals surface area contributed by atoms with Gasteiger partial charge >= 0.3 is 6.18 Å². The average molecular weight is 311 g/mol.